The van der Waals surface area contributed by atoms with E-state index in [-0.39, 0.29) is 17.4 Å². The lowest BCUT2D eigenvalue weighted by atomic mass is 10.0. The Kier molecular flexibility index (Phi) is 6.17. The van der Waals surface area contributed by atoms with E-state index in [9.17, 15) is 13.2 Å². The van der Waals surface area contributed by atoms with Gasteiger partial charge in [0.25, 0.3) is 0 Å². The third kappa shape index (κ3) is 5.58. The highest BCUT2D eigenvalue weighted by Crippen LogP contribution is 2.23. The molecule has 0 heterocycles. The Morgan fingerprint density at radius 3 is 2.20 bits per heavy atom. The van der Waals surface area contributed by atoms with Gasteiger partial charge in [0.1, 0.15) is 5.75 Å². The molecule has 2 N–H and O–H groups in total. The molecular weight excluding hydrogens is 342 g/mol. The number of nitrogens with one attached hydrogen (secondary N) is 1. The summed E-state index contributed by atoms with van der Waals surface area (Å²) in [5.74, 6) is -0.456. The van der Waals surface area contributed by atoms with Crippen molar-refractivity contribution in [3.05, 3.63) is 60.2 Å². The average Bonchev–Trinajstić information content (AvgIpc) is 2.54. The molecule has 0 aliphatic heterocycles. The van der Waals surface area contributed by atoms with Gasteiger partial charge in [-0.1, -0.05) is 30.3 Å². The highest BCUT2D eigenvalue weighted by atomic mass is 32.2. The molecule has 0 saturated heterocycles. The molecule has 2 rings (SSSR count). The summed E-state index contributed by atoms with van der Waals surface area (Å²) >= 11 is 0. The largest absolute Gasteiger partial charge is 0.491 e. The fourth-order valence-electron chi connectivity index (χ4n) is 2.31. The zero-order chi connectivity index (χ0) is 18.4. The van der Waals surface area contributed by atoms with Crippen LogP contribution in [0.5, 0.6) is 5.75 Å². The van der Waals surface area contributed by atoms with Crippen molar-refractivity contribution in [2.75, 3.05) is 0 Å². The normalized spacial score (nSPS) is 12.8. The van der Waals surface area contributed by atoms with Gasteiger partial charge in [-0.25, -0.2) is 13.1 Å². The Balaban J connectivity index is 2.26. The number of carboxylic acids is 1. The summed E-state index contributed by atoms with van der Waals surface area (Å²) in [4.78, 5) is 11.2. The van der Waals surface area contributed by atoms with Crippen LogP contribution in [0, 0.1) is 0 Å². The SMILES string of the molecule is CC(C)Oc1ccc(C(CC(=O)O)NS(=O)(=O)c2ccccc2)cc1. The quantitative estimate of drug-likeness (QED) is 0.752. The first-order chi connectivity index (χ1) is 11.8. The molecule has 0 amide bonds. The van der Waals surface area contributed by atoms with Gasteiger partial charge in [-0.05, 0) is 43.7 Å². The number of hydrogen-bond acceptors (Lipinski definition) is 4. The second kappa shape index (κ2) is 8.13. The Labute approximate surface area is 147 Å². The van der Waals surface area contributed by atoms with Crippen LogP contribution in [0.3, 0.4) is 0 Å². The van der Waals surface area contributed by atoms with Gasteiger partial charge < -0.3 is 9.84 Å². The molecule has 2 aromatic rings. The summed E-state index contributed by atoms with van der Waals surface area (Å²) in [7, 11) is -3.83. The van der Waals surface area contributed by atoms with Crippen LogP contribution in [-0.4, -0.2) is 25.6 Å². The van der Waals surface area contributed by atoms with Crippen molar-refractivity contribution in [2.24, 2.45) is 0 Å². The Hall–Kier alpha value is -2.38. The summed E-state index contributed by atoms with van der Waals surface area (Å²) < 4.78 is 33.0. The molecule has 0 bridgehead atoms. The van der Waals surface area contributed by atoms with E-state index < -0.39 is 22.0 Å². The maximum Gasteiger partial charge on any atom is 0.305 e. The van der Waals surface area contributed by atoms with Gasteiger partial charge in [-0.15, -0.1) is 0 Å². The van der Waals surface area contributed by atoms with Crippen molar-refractivity contribution in [2.45, 2.75) is 37.3 Å². The maximum atomic E-state index is 12.5. The number of hydrogen-bond donors (Lipinski definition) is 2. The number of carboxylic acid groups (broad SMARTS) is 1. The van der Waals surface area contributed by atoms with E-state index in [4.69, 9.17) is 9.84 Å². The van der Waals surface area contributed by atoms with Gasteiger partial charge in [0.05, 0.1) is 23.5 Å². The van der Waals surface area contributed by atoms with Crippen molar-refractivity contribution in [1.82, 2.24) is 4.72 Å². The van der Waals surface area contributed by atoms with E-state index in [0.29, 0.717) is 11.3 Å². The van der Waals surface area contributed by atoms with Crippen molar-refractivity contribution in [1.29, 1.82) is 0 Å². The van der Waals surface area contributed by atoms with E-state index in [0.717, 1.165) is 0 Å². The number of benzene rings is 2. The number of carbonyl (C=O) groups is 1. The second-order valence-electron chi connectivity index (χ2n) is 5.82. The molecular formula is C18H21NO5S. The van der Waals surface area contributed by atoms with Crippen molar-refractivity contribution in [3.63, 3.8) is 0 Å². The Morgan fingerprint density at radius 1 is 1.08 bits per heavy atom. The smallest absolute Gasteiger partial charge is 0.305 e. The maximum absolute atomic E-state index is 12.5. The summed E-state index contributed by atoms with van der Waals surface area (Å²) in [5, 5.41) is 9.13. The van der Waals surface area contributed by atoms with Crippen molar-refractivity contribution >= 4 is 16.0 Å². The monoisotopic (exact) mass is 363 g/mol. The lowest BCUT2D eigenvalue weighted by molar-refractivity contribution is -0.137. The van der Waals surface area contributed by atoms with Gasteiger partial charge in [-0.3, -0.25) is 4.79 Å². The molecule has 0 fully saturated rings. The van der Waals surface area contributed by atoms with Crippen LogP contribution in [0.1, 0.15) is 31.9 Å². The molecule has 0 aliphatic rings. The number of sulfonamides is 1. The van der Waals surface area contributed by atoms with Gasteiger partial charge in [0.15, 0.2) is 0 Å². The van der Waals surface area contributed by atoms with E-state index in [1.54, 1.807) is 42.5 Å². The van der Waals surface area contributed by atoms with Crippen LogP contribution in [0.15, 0.2) is 59.5 Å². The van der Waals surface area contributed by atoms with E-state index in [2.05, 4.69) is 4.72 Å². The highest BCUT2D eigenvalue weighted by Gasteiger charge is 2.23. The molecule has 6 nitrogen and oxygen atoms in total. The molecule has 134 valence electrons. The standard InChI is InChI=1S/C18H21NO5S/c1-13(2)24-15-10-8-14(9-11-15)17(12-18(20)21)19-25(22,23)16-6-4-3-5-7-16/h3-11,13,17,19H,12H2,1-2H3,(H,20,21). The molecule has 25 heavy (non-hydrogen) atoms. The lowest BCUT2D eigenvalue weighted by Gasteiger charge is -2.18. The van der Waals surface area contributed by atoms with Crippen molar-refractivity contribution < 1.29 is 23.1 Å². The minimum Gasteiger partial charge on any atom is -0.491 e. The van der Waals surface area contributed by atoms with Gasteiger partial charge in [0, 0.05) is 0 Å². The third-order valence-electron chi connectivity index (χ3n) is 3.38. The molecule has 1 atom stereocenters. The minimum absolute atomic E-state index is 0.0113. The molecule has 1 unspecified atom stereocenters. The molecule has 0 aromatic heterocycles. The molecule has 0 spiro atoms. The summed E-state index contributed by atoms with van der Waals surface area (Å²) in [6.07, 6.45) is -0.353. The predicted molar refractivity (Wildman–Crippen MR) is 94.0 cm³/mol. The second-order valence-corrected chi connectivity index (χ2v) is 7.53. The Bertz CT molecular complexity index is 801. The van der Waals surface area contributed by atoms with Crippen LogP contribution in [0.4, 0.5) is 0 Å². The Morgan fingerprint density at radius 2 is 1.68 bits per heavy atom. The molecule has 2 aromatic carbocycles. The van der Waals surface area contributed by atoms with Crippen LogP contribution in [0.2, 0.25) is 0 Å². The average molecular weight is 363 g/mol. The zero-order valence-corrected chi connectivity index (χ0v) is 14.9. The molecule has 0 radical (unpaired) electrons. The van der Waals surface area contributed by atoms with E-state index >= 15 is 0 Å². The van der Waals surface area contributed by atoms with Gasteiger partial charge in [0.2, 0.25) is 10.0 Å². The van der Waals surface area contributed by atoms with E-state index in [1.165, 1.54) is 12.1 Å². The summed E-state index contributed by atoms with van der Waals surface area (Å²) in [5.41, 5.74) is 0.554. The topological polar surface area (TPSA) is 92.7 Å². The molecule has 0 aliphatic carbocycles. The first-order valence-electron chi connectivity index (χ1n) is 7.84. The number of aliphatic carboxylic acids is 1. The zero-order valence-electron chi connectivity index (χ0n) is 14.0. The third-order valence-corrected chi connectivity index (χ3v) is 4.87. The van der Waals surface area contributed by atoms with Crippen molar-refractivity contribution in [3.8, 4) is 5.75 Å². The van der Waals surface area contributed by atoms with Gasteiger partial charge in [-0.2, -0.15) is 0 Å². The predicted octanol–water partition coefficient (Wildman–Crippen LogP) is 2.97. The summed E-state index contributed by atoms with van der Waals surface area (Å²) in [6.45, 7) is 3.80. The van der Waals surface area contributed by atoms with Crippen LogP contribution >= 0.6 is 0 Å². The van der Waals surface area contributed by atoms with E-state index in [1.807, 2.05) is 13.8 Å². The van der Waals surface area contributed by atoms with Crippen LogP contribution in [-0.2, 0) is 14.8 Å². The lowest BCUT2D eigenvalue weighted by Crippen LogP contribution is -2.30. The fraction of sp³-hybridized carbons (Fsp3) is 0.278. The van der Waals surface area contributed by atoms with Crippen LogP contribution in [0.25, 0.3) is 0 Å². The minimum atomic E-state index is -3.83. The van der Waals surface area contributed by atoms with Gasteiger partial charge >= 0.3 is 5.97 Å². The first kappa shape index (κ1) is 19.0. The molecule has 7 heteroatoms. The highest BCUT2D eigenvalue weighted by molar-refractivity contribution is 7.89. The fourth-order valence-corrected chi connectivity index (χ4v) is 3.55. The first-order valence-corrected chi connectivity index (χ1v) is 9.32. The van der Waals surface area contributed by atoms with Crippen LogP contribution < -0.4 is 9.46 Å². The molecule has 0 saturated carbocycles. The number of ether oxygens (including phenoxy) is 1. The number of rotatable bonds is 8. The summed E-state index contributed by atoms with van der Waals surface area (Å²) in [6, 6.07) is 13.7.